The summed E-state index contributed by atoms with van der Waals surface area (Å²) in [7, 11) is 3.16. The summed E-state index contributed by atoms with van der Waals surface area (Å²) in [5, 5.41) is 8.26. The highest BCUT2D eigenvalue weighted by Crippen LogP contribution is 2.27. The van der Waals surface area contributed by atoms with Crippen LogP contribution in [0.5, 0.6) is 11.5 Å². The Bertz CT molecular complexity index is 1280. The van der Waals surface area contributed by atoms with E-state index in [1.54, 1.807) is 43.9 Å². The minimum atomic E-state index is -0.363. The maximum atomic E-state index is 13.0. The Hall–Kier alpha value is -3.63. The highest BCUT2D eigenvalue weighted by molar-refractivity contribution is 7.13. The molecule has 9 nitrogen and oxygen atoms in total. The van der Waals surface area contributed by atoms with Crippen LogP contribution in [0.1, 0.15) is 35.5 Å². The molecule has 0 saturated heterocycles. The molecule has 0 aliphatic heterocycles. The van der Waals surface area contributed by atoms with Gasteiger partial charge in [-0.2, -0.15) is 0 Å². The molecule has 0 atom stereocenters. The van der Waals surface area contributed by atoms with Crippen LogP contribution in [0.4, 0.5) is 5.13 Å². The molecule has 2 aromatic carbocycles. The van der Waals surface area contributed by atoms with Gasteiger partial charge in [0.2, 0.25) is 11.8 Å². The molecule has 0 radical (unpaired) electrons. The van der Waals surface area contributed by atoms with Crippen LogP contribution in [0.25, 0.3) is 0 Å². The topological polar surface area (TPSA) is 110 Å². The third-order valence-corrected chi connectivity index (χ3v) is 6.68. The number of carbonyl (C=O) groups is 3. The number of rotatable bonds is 13. The fourth-order valence-corrected chi connectivity index (χ4v) is 4.67. The van der Waals surface area contributed by atoms with Crippen LogP contribution in [0, 0.1) is 5.92 Å². The summed E-state index contributed by atoms with van der Waals surface area (Å²) in [6.07, 6.45) is 0.721. The molecule has 0 saturated carbocycles. The van der Waals surface area contributed by atoms with Gasteiger partial charge in [0.15, 0.2) is 16.6 Å². The van der Waals surface area contributed by atoms with Crippen molar-refractivity contribution in [2.24, 2.45) is 5.92 Å². The number of nitrogens with zero attached hydrogens (tertiary/aromatic N) is 2. The molecule has 0 aliphatic rings. The zero-order valence-corrected chi connectivity index (χ0v) is 24.0. The van der Waals surface area contributed by atoms with Crippen molar-refractivity contribution in [3.63, 3.8) is 0 Å². The third kappa shape index (κ3) is 9.26. The van der Waals surface area contributed by atoms with Crippen LogP contribution in [0.15, 0.2) is 47.8 Å². The average molecular weight is 573 g/mol. The first kappa shape index (κ1) is 29.9. The number of nitrogens with one attached hydrogen (secondary N) is 2. The molecule has 0 aliphatic carbocycles. The van der Waals surface area contributed by atoms with E-state index >= 15 is 0 Å². The molecule has 208 valence electrons. The van der Waals surface area contributed by atoms with Crippen molar-refractivity contribution in [2.75, 3.05) is 39.2 Å². The van der Waals surface area contributed by atoms with E-state index < -0.39 is 0 Å². The van der Waals surface area contributed by atoms with Gasteiger partial charge < -0.3 is 25.0 Å². The van der Waals surface area contributed by atoms with Gasteiger partial charge in [0.05, 0.1) is 26.3 Å². The minimum absolute atomic E-state index is 0.0901. The molecule has 0 spiro atoms. The fourth-order valence-electron chi connectivity index (χ4n) is 3.82. The van der Waals surface area contributed by atoms with E-state index in [2.05, 4.69) is 15.6 Å². The van der Waals surface area contributed by atoms with Gasteiger partial charge in [-0.1, -0.05) is 31.5 Å². The summed E-state index contributed by atoms with van der Waals surface area (Å²) in [5.41, 5.74) is 2.02. The summed E-state index contributed by atoms with van der Waals surface area (Å²) >= 11 is 7.16. The number of amides is 3. The molecule has 3 rings (SSSR count). The quantitative estimate of drug-likeness (QED) is 0.313. The maximum Gasteiger partial charge on any atom is 0.254 e. The van der Waals surface area contributed by atoms with E-state index in [1.165, 1.54) is 16.2 Å². The van der Waals surface area contributed by atoms with Gasteiger partial charge in [0.25, 0.3) is 5.91 Å². The number of anilines is 1. The van der Waals surface area contributed by atoms with E-state index in [9.17, 15) is 14.4 Å². The predicted octanol–water partition coefficient (Wildman–Crippen LogP) is 4.45. The Morgan fingerprint density at radius 3 is 2.41 bits per heavy atom. The van der Waals surface area contributed by atoms with Crippen molar-refractivity contribution in [2.45, 2.75) is 26.7 Å². The zero-order chi connectivity index (χ0) is 28.4. The van der Waals surface area contributed by atoms with Crippen molar-refractivity contribution in [3.05, 3.63) is 69.7 Å². The molecule has 0 fully saturated rings. The number of thiazole rings is 1. The largest absolute Gasteiger partial charge is 0.493 e. The summed E-state index contributed by atoms with van der Waals surface area (Å²) < 4.78 is 10.6. The standard InChI is InChI=1S/C28H33ClN4O5S/c1-18(2)15-33(27(36)20-6-8-21(29)9-7-20)16-26(35)32-28-31-22(17-39-28)14-25(34)30-12-11-19-5-10-23(37-3)24(13-19)38-4/h5-10,13,17-18H,11-12,14-16H2,1-4H3,(H,30,34)(H,31,32,35). The van der Waals surface area contributed by atoms with Gasteiger partial charge in [-0.05, 0) is 54.3 Å². The first-order chi connectivity index (χ1) is 18.7. The number of carbonyl (C=O) groups excluding carboxylic acids is 3. The third-order valence-electron chi connectivity index (χ3n) is 5.62. The van der Waals surface area contributed by atoms with Crippen LogP contribution in [-0.2, 0) is 22.4 Å². The lowest BCUT2D eigenvalue weighted by Crippen LogP contribution is -2.40. The van der Waals surface area contributed by atoms with Crippen molar-refractivity contribution in [1.82, 2.24) is 15.2 Å². The second kappa shape index (κ2) is 14.5. The summed E-state index contributed by atoms with van der Waals surface area (Å²) in [6.45, 7) is 4.71. The number of hydrogen-bond donors (Lipinski definition) is 2. The molecule has 1 aromatic heterocycles. The first-order valence-electron chi connectivity index (χ1n) is 12.4. The van der Waals surface area contributed by atoms with Crippen LogP contribution >= 0.6 is 22.9 Å². The Morgan fingerprint density at radius 2 is 1.74 bits per heavy atom. The summed E-state index contributed by atoms with van der Waals surface area (Å²) in [4.78, 5) is 44.0. The number of methoxy groups -OCH3 is 2. The predicted molar refractivity (Wildman–Crippen MR) is 153 cm³/mol. The number of halogens is 1. The van der Waals surface area contributed by atoms with Crippen LogP contribution in [0.3, 0.4) is 0 Å². The Morgan fingerprint density at radius 1 is 1.03 bits per heavy atom. The molecular formula is C28H33ClN4O5S. The molecule has 3 aromatic rings. The highest BCUT2D eigenvalue weighted by atomic mass is 35.5. The maximum absolute atomic E-state index is 13.0. The van der Waals surface area contributed by atoms with E-state index in [-0.39, 0.29) is 36.6 Å². The van der Waals surface area contributed by atoms with E-state index in [0.717, 1.165) is 5.56 Å². The van der Waals surface area contributed by atoms with Gasteiger partial charge >= 0.3 is 0 Å². The lowest BCUT2D eigenvalue weighted by atomic mass is 10.1. The second-order valence-electron chi connectivity index (χ2n) is 9.24. The molecule has 39 heavy (non-hydrogen) atoms. The SMILES string of the molecule is COc1ccc(CCNC(=O)Cc2csc(NC(=O)CN(CC(C)C)C(=O)c3ccc(Cl)cc3)n2)cc1OC. The average Bonchev–Trinajstić information content (AvgIpc) is 3.34. The van der Waals surface area contributed by atoms with Crippen LogP contribution < -0.4 is 20.1 Å². The fraction of sp³-hybridized carbons (Fsp3) is 0.357. The van der Waals surface area contributed by atoms with Gasteiger partial charge in [-0.3, -0.25) is 14.4 Å². The molecule has 0 bridgehead atoms. The van der Waals surface area contributed by atoms with Gasteiger partial charge in [-0.25, -0.2) is 4.98 Å². The molecular weight excluding hydrogens is 540 g/mol. The van der Waals surface area contributed by atoms with Crippen LogP contribution in [-0.4, -0.2) is 61.5 Å². The Balaban J connectivity index is 1.49. The highest BCUT2D eigenvalue weighted by Gasteiger charge is 2.21. The van der Waals surface area contributed by atoms with Crippen molar-refractivity contribution in [3.8, 4) is 11.5 Å². The Kier molecular flexibility index (Phi) is 11.1. The van der Waals surface area contributed by atoms with Crippen LogP contribution in [0.2, 0.25) is 5.02 Å². The molecule has 2 N–H and O–H groups in total. The first-order valence-corrected chi connectivity index (χ1v) is 13.7. The normalized spacial score (nSPS) is 10.7. The molecule has 11 heteroatoms. The number of ether oxygens (including phenoxy) is 2. The van der Waals surface area contributed by atoms with Crippen molar-refractivity contribution in [1.29, 1.82) is 0 Å². The minimum Gasteiger partial charge on any atom is -0.493 e. The lowest BCUT2D eigenvalue weighted by Gasteiger charge is -2.24. The Labute approximate surface area is 237 Å². The van der Waals surface area contributed by atoms with Gasteiger partial charge in [0, 0.05) is 29.1 Å². The number of aromatic nitrogens is 1. The van der Waals surface area contributed by atoms with Crippen molar-refractivity contribution < 1.29 is 23.9 Å². The molecule has 1 heterocycles. The number of benzene rings is 2. The second-order valence-corrected chi connectivity index (χ2v) is 10.5. The number of hydrogen-bond acceptors (Lipinski definition) is 7. The zero-order valence-electron chi connectivity index (χ0n) is 22.5. The van der Waals surface area contributed by atoms with Crippen molar-refractivity contribution >= 4 is 45.8 Å². The molecule has 0 unspecified atom stereocenters. The van der Waals surface area contributed by atoms with Gasteiger partial charge in [-0.15, -0.1) is 11.3 Å². The van der Waals surface area contributed by atoms with E-state index in [0.29, 0.717) is 52.4 Å². The van der Waals surface area contributed by atoms with E-state index in [4.69, 9.17) is 21.1 Å². The summed E-state index contributed by atoms with van der Waals surface area (Å²) in [5.74, 6) is 0.678. The monoisotopic (exact) mass is 572 g/mol. The van der Waals surface area contributed by atoms with E-state index in [1.807, 2.05) is 32.0 Å². The lowest BCUT2D eigenvalue weighted by molar-refractivity contribution is -0.120. The summed E-state index contributed by atoms with van der Waals surface area (Å²) in [6, 6.07) is 12.2. The molecule has 3 amide bonds. The van der Waals surface area contributed by atoms with Gasteiger partial charge in [0.1, 0.15) is 6.54 Å². The smallest absolute Gasteiger partial charge is 0.254 e.